The van der Waals surface area contributed by atoms with Crippen molar-refractivity contribution in [1.29, 1.82) is 0 Å². The lowest BCUT2D eigenvalue weighted by atomic mass is 9.97. The Balaban J connectivity index is 1.47. The van der Waals surface area contributed by atoms with E-state index in [0.29, 0.717) is 39.3 Å². The fourth-order valence-electron chi connectivity index (χ4n) is 3.44. The molecule has 0 unspecified atom stereocenters. The fourth-order valence-corrected chi connectivity index (χ4v) is 4.13. The molecule has 2 fully saturated rings. The van der Waals surface area contributed by atoms with Crippen LogP contribution in [0.15, 0.2) is 17.5 Å². The number of hydrogen-bond acceptors (Lipinski definition) is 5. The average Bonchev–Trinajstić information content (AvgIpc) is 3.16. The molecule has 0 aliphatic carbocycles. The first-order valence-electron chi connectivity index (χ1n) is 8.67. The number of piperidine rings is 1. The van der Waals surface area contributed by atoms with Crippen molar-refractivity contribution in [2.24, 2.45) is 11.7 Å². The molecule has 1 atom stereocenters. The summed E-state index contributed by atoms with van der Waals surface area (Å²) in [4.78, 5) is 42.6. The van der Waals surface area contributed by atoms with Crippen LogP contribution in [-0.4, -0.2) is 78.2 Å². The topological polar surface area (TPSA) is 86.9 Å². The summed E-state index contributed by atoms with van der Waals surface area (Å²) in [6.45, 7) is 3.96. The number of nitrogens with two attached hydrogens (primary N) is 1. The number of amides is 3. The number of likely N-dealkylation sites (tertiary alicyclic amines) is 1. The first kappa shape index (κ1) is 17.9. The third-order valence-electron chi connectivity index (χ3n) is 4.92. The van der Waals surface area contributed by atoms with Crippen LogP contribution >= 0.6 is 11.3 Å². The Morgan fingerprint density at radius 1 is 1.12 bits per heavy atom. The van der Waals surface area contributed by atoms with E-state index in [9.17, 15) is 14.4 Å². The van der Waals surface area contributed by atoms with E-state index >= 15 is 0 Å². The third-order valence-corrected chi connectivity index (χ3v) is 5.78. The van der Waals surface area contributed by atoms with E-state index in [-0.39, 0.29) is 23.6 Å². The van der Waals surface area contributed by atoms with Crippen LogP contribution < -0.4 is 5.73 Å². The molecule has 2 aliphatic heterocycles. The minimum Gasteiger partial charge on any atom is -0.369 e. The van der Waals surface area contributed by atoms with E-state index < -0.39 is 0 Å². The molecule has 0 aromatic carbocycles. The van der Waals surface area contributed by atoms with Gasteiger partial charge in [-0.25, -0.2) is 0 Å². The summed E-state index contributed by atoms with van der Waals surface area (Å²) in [5.41, 5.74) is 5.39. The van der Waals surface area contributed by atoms with Crippen LogP contribution in [0.2, 0.25) is 0 Å². The molecular formula is C17H24N4O3S. The van der Waals surface area contributed by atoms with Crippen molar-refractivity contribution < 1.29 is 14.4 Å². The number of nitrogens with zero attached hydrogens (tertiary/aromatic N) is 3. The van der Waals surface area contributed by atoms with Crippen LogP contribution in [0.3, 0.4) is 0 Å². The Labute approximate surface area is 151 Å². The second-order valence-corrected chi connectivity index (χ2v) is 7.57. The van der Waals surface area contributed by atoms with Gasteiger partial charge in [0.25, 0.3) is 5.91 Å². The predicted molar refractivity (Wildman–Crippen MR) is 95.2 cm³/mol. The van der Waals surface area contributed by atoms with E-state index in [0.717, 1.165) is 24.3 Å². The number of carbonyl (C=O) groups is 3. The molecule has 3 amide bonds. The molecule has 0 radical (unpaired) electrons. The number of piperazine rings is 1. The zero-order valence-electron chi connectivity index (χ0n) is 14.2. The maximum atomic E-state index is 12.5. The van der Waals surface area contributed by atoms with E-state index in [4.69, 9.17) is 5.73 Å². The molecule has 0 bridgehead atoms. The smallest absolute Gasteiger partial charge is 0.264 e. The number of rotatable bonds is 4. The van der Waals surface area contributed by atoms with Gasteiger partial charge >= 0.3 is 0 Å². The van der Waals surface area contributed by atoms with Crippen molar-refractivity contribution in [3.63, 3.8) is 0 Å². The molecule has 0 spiro atoms. The van der Waals surface area contributed by atoms with Gasteiger partial charge in [0.15, 0.2) is 0 Å². The van der Waals surface area contributed by atoms with Crippen molar-refractivity contribution in [3.05, 3.63) is 22.4 Å². The lowest BCUT2D eigenvalue weighted by molar-refractivity contribution is -0.135. The minimum atomic E-state index is -0.280. The average molecular weight is 364 g/mol. The van der Waals surface area contributed by atoms with E-state index in [1.54, 1.807) is 4.90 Å². The molecule has 3 rings (SSSR count). The largest absolute Gasteiger partial charge is 0.369 e. The van der Waals surface area contributed by atoms with E-state index in [2.05, 4.69) is 0 Å². The Bertz CT molecular complexity index is 626. The second-order valence-electron chi connectivity index (χ2n) is 6.63. The summed E-state index contributed by atoms with van der Waals surface area (Å²) in [6.07, 6.45) is 1.70. The van der Waals surface area contributed by atoms with Crippen LogP contribution in [-0.2, 0) is 9.59 Å². The van der Waals surface area contributed by atoms with Gasteiger partial charge in [-0.3, -0.25) is 19.3 Å². The van der Waals surface area contributed by atoms with Crippen molar-refractivity contribution >= 4 is 29.1 Å². The van der Waals surface area contributed by atoms with Gasteiger partial charge in [0.2, 0.25) is 11.8 Å². The summed E-state index contributed by atoms with van der Waals surface area (Å²) in [7, 11) is 0. The lowest BCUT2D eigenvalue weighted by Crippen LogP contribution is -2.53. The van der Waals surface area contributed by atoms with Crippen molar-refractivity contribution in [2.75, 3.05) is 45.8 Å². The molecule has 136 valence electrons. The van der Waals surface area contributed by atoms with Gasteiger partial charge in [0.1, 0.15) is 0 Å². The van der Waals surface area contributed by atoms with Crippen molar-refractivity contribution in [3.8, 4) is 0 Å². The van der Waals surface area contributed by atoms with Crippen LogP contribution in [0.5, 0.6) is 0 Å². The van der Waals surface area contributed by atoms with Crippen LogP contribution in [0.25, 0.3) is 0 Å². The summed E-state index contributed by atoms with van der Waals surface area (Å²) >= 11 is 1.44. The molecule has 2 N–H and O–H groups in total. The normalized spacial score (nSPS) is 22.0. The lowest BCUT2D eigenvalue weighted by Gasteiger charge is -2.37. The van der Waals surface area contributed by atoms with Gasteiger partial charge in [-0.2, -0.15) is 0 Å². The summed E-state index contributed by atoms with van der Waals surface area (Å²) in [6, 6.07) is 3.70. The molecule has 25 heavy (non-hydrogen) atoms. The van der Waals surface area contributed by atoms with Gasteiger partial charge in [-0.05, 0) is 30.8 Å². The number of hydrogen-bond donors (Lipinski definition) is 1. The molecule has 2 aliphatic rings. The zero-order chi connectivity index (χ0) is 17.8. The molecular weight excluding hydrogens is 340 g/mol. The Hall–Kier alpha value is -1.93. The van der Waals surface area contributed by atoms with Gasteiger partial charge in [-0.15, -0.1) is 11.3 Å². The first-order valence-corrected chi connectivity index (χ1v) is 9.55. The van der Waals surface area contributed by atoms with Crippen molar-refractivity contribution in [2.45, 2.75) is 12.8 Å². The summed E-state index contributed by atoms with van der Waals surface area (Å²) in [5.74, 6) is -0.324. The van der Waals surface area contributed by atoms with E-state index in [1.807, 2.05) is 27.3 Å². The molecule has 3 heterocycles. The van der Waals surface area contributed by atoms with Crippen molar-refractivity contribution in [1.82, 2.24) is 14.7 Å². The highest BCUT2D eigenvalue weighted by molar-refractivity contribution is 7.12. The van der Waals surface area contributed by atoms with Gasteiger partial charge < -0.3 is 15.5 Å². The number of primary amides is 1. The predicted octanol–water partition coefficient (Wildman–Crippen LogP) is 0.230. The van der Waals surface area contributed by atoms with Gasteiger partial charge in [-0.1, -0.05) is 6.07 Å². The second kappa shape index (κ2) is 7.97. The molecule has 1 aromatic heterocycles. The van der Waals surface area contributed by atoms with Crippen LogP contribution in [0.4, 0.5) is 0 Å². The number of carbonyl (C=O) groups excluding carboxylic acids is 3. The fraction of sp³-hybridized carbons (Fsp3) is 0.588. The highest BCUT2D eigenvalue weighted by Gasteiger charge is 2.29. The zero-order valence-corrected chi connectivity index (χ0v) is 15.0. The SMILES string of the molecule is NC(=O)[C@@H]1CCCN(CC(=O)N2CCN(C(=O)c3cccs3)CC2)C1. The van der Waals surface area contributed by atoms with Gasteiger partial charge in [0, 0.05) is 32.7 Å². The monoisotopic (exact) mass is 364 g/mol. The quantitative estimate of drug-likeness (QED) is 0.829. The van der Waals surface area contributed by atoms with Gasteiger partial charge in [0.05, 0.1) is 17.3 Å². The molecule has 0 saturated carbocycles. The maximum absolute atomic E-state index is 12.5. The standard InChI is InChI=1S/C17H24N4O3S/c18-16(23)13-3-1-5-19(11-13)12-15(22)20-6-8-21(9-7-20)17(24)14-4-2-10-25-14/h2,4,10,13H,1,3,5-9,11-12H2,(H2,18,23)/t13-/m1/s1. The van der Waals surface area contributed by atoms with Crippen LogP contribution in [0, 0.1) is 5.92 Å². The Morgan fingerprint density at radius 2 is 1.84 bits per heavy atom. The minimum absolute atomic E-state index is 0.0439. The highest BCUT2D eigenvalue weighted by atomic mass is 32.1. The molecule has 8 heteroatoms. The molecule has 1 aromatic rings. The Kier molecular flexibility index (Phi) is 5.70. The molecule has 7 nitrogen and oxygen atoms in total. The molecule has 2 saturated heterocycles. The maximum Gasteiger partial charge on any atom is 0.264 e. The number of thiophene rings is 1. The third kappa shape index (κ3) is 4.38. The first-order chi connectivity index (χ1) is 12.0. The van der Waals surface area contributed by atoms with Crippen LogP contribution in [0.1, 0.15) is 22.5 Å². The van der Waals surface area contributed by atoms with E-state index in [1.165, 1.54) is 11.3 Å². The highest BCUT2D eigenvalue weighted by Crippen LogP contribution is 2.17. The summed E-state index contributed by atoms with van der Waals surface area (Å²) in [5, 5.41) is 1.89. The summed E-state index contributed by atoms with van der Waals surface area (Å²) < 4.78 is 0. The Morgan fingerprint density at radius 3 is 2.48 bits per heavy atom.